The van der Waals surface area contributed by atoms with Crippen LogP contribution in [0.3, 0.4) is 0 Å². The number of amides is 4. The van der Waals surface area contributed by atoms with E-state index in [1.807, 2.05) is 16.0 Å². The summed E-state index contributed by atoms with van der Waals surface area (Å²) in [5.74, 6) is -10.9. The molecule has 4 unspecified atom stereocenters. The summed E-state index contributed by atoms with van der Waals surface area (Å²) in [6.07, 6.45) is -3.94. The smallest absolute Gasteiger partial charge is 0.326 e. The summed E-state index contributed by atoms with van der Waals surface area (Å²) in [5.41, 5.74) is 10.3. The Morgan fingerprint density at radius 3 is 1.38 bits per heavy atom. The zero-order valence-electron chi connectivity index (χ0n) is 17.6. The summed E-state index contributed by atoms with van der Waals surface area (Å²) < 4.78 is 0. The normalized spacial score (nSPS) is 13.9. The lowest BCUT2D eigenvalue weighted by Gasteiger charge is -2.23. The monoisotopic (exact) mass is 491 g/mol. The largest absolute Gasteiger partial charge is 0.481 e. The van der Waals surface area contributed by atoms with E-state index in [1.54, 1.807) is 0 Å². The number of aliphatic carboxylic acids is 4. The molecule has 0 rings (SSSR count). The molecule has 0 bridgehead atoms. The Labute approximate surface area is 190 Å². The maximum atomic E-state index is 12.5. The number of nitrogens with two attached hydrogens (primary N) is 2. The van der Waals surface area contributed by atoms with E-state index in [0.29, 0.717) is 0 Å². The third-order valence-corrected chi connectivity index (χ3v) is 4.04. The zero-order valence-corrected chi connectivity index (χ0v) is 17.6. The number of nitrogens with one attached hydrogen (secondary N) is 3. The van der Waals surface area contributed by atoms with Gasteiger partial charge in [-0.2, -0.15) is 0 Å². The van der Waals surface area contributed by atoms with Gasteiger partial charge in [-0.1, -0.05) is 0 Å². The molecule has 0 aliphatic heterocycles. The lowest BCUT2D eigenvalue weighted by atomic mass is 10.1. The van der Waals surface area contributed by atoms with E-state index in [0.717, 1.165) is 0 Å². The van der Waals surface area contributed by atoms with E-state index < -0.39 is 104 Å². The molecule has 4 amide bonds. The highest BCUT2D eigenvalue weighted by atomic mass is 16.4. The van der Waals surface area contributed by atoms with Crippen molar-refractivity contribution in [3.63, 3.8) is 0 Å². The molecule has 4 atom stereocenters. The van der Waals surface area contributed by atoms with Crippen molar-refractivity contribution in [3.8, 4) is 0 Å². The van der Waals surface area contributed by atoms with Crippen LogP contribution in [-0.2, 0) is 38.4 Å². The van der Waals surface area contributed by atoms with Gasteiger partial charge in [0, 0.05) is 6.42 Å². The van der Waals surface area contributed by atoms with E-state index in [2.05, 4.69) is 0 Å². The van der Waals surface area contributed by atoms with Crippen molar-refractivity contribution in [1.29, 1.82) is 0 Å². The highest BCUT2D eigenvalue weighted by molar-refractivity contribution is 5.97. The number of carbonyl (C=O) groups excluding carboxylic acids is 4. The number of rotatable bonds is 16. The molecular formula is C17H25N5O12. The molecule has 34 heavy (non-hydrogen) atoms. The van der Waals surface area contributed by atoms with E-state index in [4.69, 9.17) is 31.9 Å². The van der Waals surface area contributed by atoms with Gasteiger partial charge in [0.1, 0.15) is 18.1 Å². The first kappa shape index (κ1) is 29.7. The molecule has 0 aliphatic carbocycles. The molecule has 17 heteroatoms. The summed E-state index contributed by atoms with van der Waals surface area (Å²) in [6, 6.07) is -7.07. The Balaban J connectivity index is 5.56. The minimum atomic E-state index is -1.93. The van der Waals surface area contributed by atoms with E-state index >= 15 is 0 Å². The second-order valence-corrected chi connectivity index (χ2v) is 6.93. The van der Waals surface area contributed by atoms with Crippen molar-refractivity contribution in [2.24, 2.45) is 11.5 Å². The molecule has 0 fully saturated rings. The molecule has 0 aromatic heterocycles. The van der Waals surface area contributed by atoms with Gasteiger partial charge in [0.25, 0.3) is 0 Å². The molecule has 0 aromatic carbocycles. The quantitative estimate of drug-likeness (QED) is 0.0984. The van der Waals surface area contributed by atoms with E-state index in [-0.39, 0.29) is 0 Å². The summed E-state index contributed by atoms with van der Waals surface area (Å²) in [7, 11) is 0. The maximum Gasteiger partial charge on any atom is 0.326 e. The molecule has 0 radical (unpaired) electrons. The van der Waals surface area contributed by atoms with Gasteiger partial charge in [0.15, 0.2) is 0 Å². The van der Waals surface area contributed by atoms with Crippen LogP contribution in [0, 0.1) is 0 Å². The SMILES string of the molecule is NC(=O)CC(N)C(=O)NC(CC(=O)O)C(=O)NC(CC(=O)O)C(=O)NC(CCC(=O)O)C(=O)O. The van der Waals surface area contributed by atoms with E-state index in [9.17, 15) is 38.4 Å². The predicted octanol–water partition coefficient (Wildman–Crippen LogP) is -4.46. The fraction of sp³-hybridized carbons (Fsp3) is 0.529. The maximum absolute atomic E-state index is 12.5. The van der Waals surface area contributed by atoms with Gasteiger partial charge in [0.05, 0.1) is 25.3 Å². The van der Waals surface area contributed by atoms with E-state index in [1.165, 1.54) is 0 Å². The van der Waals surface area contributed by atoms with Gasteiger partial charge in [0.2, 0.25) is 23.6 Å². The second-order valence-electron chi connectivity index (χ2n) is 6.93. The fourth-order valence-electron chi connectivity index (χ4n) is 2.43. The first-order chi connectivity index (χ1) is 15.6. The standard InChI is InChI=1S/C17H25N5O12/c18-6(3-10(19)23)14(30)21-8(4-12(26)27)16(32)22-9(5-13(28)29)15(31)20-7(17(33)34)1-2-11(24)25/h6-9H,1-5,18H2,(H2,19,23)(H,20,31)(H,21,30)(H,22,32)(H,24,25)(H,26,27)(H,28,29)(H,33,34). The lowest BCUT2D eigenvalue weighted by molar-refractivity contribution is -0.145. The first-order valence-electron chi connectivity index (χ1n) is 9.47. The molecule has 0 saturated heterocycles. The van der Waals surface area contributed by atoms with Gasteiger partial charge in [-0.25, -0.2) is 4.79 Å². The van der Waals surface area contributed by atoms with Crippen molar-refractivity contribution in [3.05, 3.63) is 0 Å². The molecule has 0 spiro atoms. The molecule has 0 aliphatic rings. The predicted molar refractivity (Wildman–Crippen MR) is 107 cm³/mol. The Kier molecular flexibility index (Phi) is 12.2. The fourth-order valence-corrected chi connectivity index (χ4v) is 2.43. The van der Waals surface area contributed by atoms with Crippen molar-refractivity contribution >= 4 is 47.5 Å². The Morgan fingerprint density at radius 2 is 1.03 bits per heavy atom. The van der Waals surface area contributed by atoms with Gasteiger partial charge in [-0.3, -0.25) is 33.6 Å². The molecule has 190 valence electrons. The van der Waals surface area contributed by atoms with Crippen LogP contribution in [0.25, 0.3) is 0 Å². The Morgan fingerprint density at radius 1 is 0.618 bits per heavy atom. The summed E-state index contributed by atoms with van der Waals surface area (Å²) in [5, 5.41) is 41.5. The van der Waals surface area contributed by atoms with Crippen molar-refractivity contribution in [2.75, 3.05) is 0 Å². The average Bonchev–Trinajstić information content (AvgIpc) is 2.68. The van der Waals surface area contributed by atoms with Crippen molar-refractivity contribution < 1.29 is 58.8 Å². The Bertz CT molecular complexity index is 845. The second kappa shape index (κ2) is 14.0. The third-order valence-electron chi connectivity index (χ3n) is 4.04. The van der Waals surface area contributed by atoms with Crippen LogP contribution in [-0.4, -0.2) is 92.1 Å². The first-order valence-corrected chi connectivity index (χ1v) is 9.47. The number of carboxylic acid groups (broad SMARTS) is 4. The number of primary amides is 1. The molecular weight excluding hydrogens is 466 g/mol. The topological polar surface area (TPSA) is 306 Å². The van der Waals surface area contributed by atoms with Crippen LogP contribution in [0.15, 0.2) is 0 Å². The Hall–Kier alpha value is -4.28. The van der Waals surface area contributed by atoms with Crippen LogP contribution in [0.1, 0.15) is 32.1 Å². The average molecular weight is 491 g/mol. The minimum Gasteiger partial charge on any atom is -0.481 e. The van der Waals surface area contributed by atoms with Crippen LogP contribution in [0.2, 0.25) is 0 Å². The highest BCUT2D eigenvalue weighted by Gasteiger charge is 2.32. The van der Waals surface area contributed by atoms with Gasteiger partial charge < -0.3 is 47.8 Å². The summed E-state index contributed by atoms with van der Waals surface area (Å²) >= 11 is 0. The van der Waals surface area contributed by atoms with Crippen molar-refractivity contribution in [1.82, 2.24) is 16.0 Å². The van der Waals surface area contributed by atoms with Crippen LogP contribution in [0.4, 0.5) is 0 Å². The number of hydrogen-bond acceptors (Lipinski definition) is 9. The van der Waals surface area contributed by atoms with Gasteiger partial charge in [-0.05, 0) is 6.42 Å². The molecule has 0 saturated carbocycles. The van der Waals surface area contributed by atoms with Crippen LogP contribution < -0.4 is 27.4 Å². The summed E-state index contributed by atoms with van der Waals surface area (Å²) in [4.78, 5) is 91.8. The summed E-state index contributed by atoms with van der Waals surface area (Å²) in [6.45, 7) is 0. The zero-order chi connectivity index (χ0) is 26.6. The van der Waals surface area contributed by atoms with Gasteiger partial charge >= 0.3 is 23.9 Å². The molecule has 17 nitrogen and oxygen atoms in total. The highest BCUT2D eigenvalue weighted by Crippen LogP contribution is 2.03. The molecule has 0 aromatic rings. The van der Waals surface area contributed by atoms with Crippen molar-refractivity contribution in [2.45, 2.75) is 56.3 Å². The number of carbonyl (C=O) groups is 8. The van der Waals surface area contributed by atoms with Gasteiger partial charge in [-0.15, -0.1) is 0 Å². The number of hydrogen-bond donors (Lipinski definition) is 9. The lowest BCUT2D eigenvalue weighted by Crippen LogP contribution is -2.58. The third kappa shape index (κ3) is 11.9. The van der Waals surface area contributed by atoms with Crippen LogP contribution >= 0.6 is 0 Å². The molecule has 0 heterocycles. The molecule has 11 N–H and O–H groups in total. The minimum absolute atomic E-state index is 0.556. The number of carboxylic acids is 4. The van der Waals surface area contributed by atoms with Crippen LogP contribution in [0.5, 0.6) is 0 Å².